The summed E-state index contributed by atoms with van der Waals surface area (Å²) in [5.41, 5.74) is 1.09. The Hall–Kier alpha value is -1.15. The summed E-state index contributed by atoms with van der Waals surface area (Å²) in [4.78, 5) is 0. The normalized spacial score (nSPS) is 12.0. The van der Waals surface area contributed by atoms with Crippen molar-refractivity contribution in [3.05, 3.63) is 35.4 Å². The van der Waals surface area contributed by atoms with Crippen LogP contribution in [-0.4, -0.2) is 14.2 Å². The van der Waals surface area contributed by atoms with Gasteiger partial charge in [0.15, 0.2) is 11.5 Å². The lowest BCUT2D eigenvalue weighted by molar-refractivity contribution is 0.354. The van der Waals surface area contributed by atoms with Crippen LogP contribution in [0.2, 0.25) is 5.02 Å². The van der Waals surface area contributed by atoms with Crippen molar-refractivity contribution >= 4 is 11.6 Å². The average molecular weight is 255 g/mol. The van der Waals surface area contributed by atoms with Crippen molar-refractivity contribution < 1.29 is 9.47 Å². The van der Waals surface area contributed by atoms with Gasteiger partial charge in [-0.2, -0.15) is 0 Å². The van der Waals surface area contributed by atoms with Crippen molar-refractivity contribution in [2.24, 2.45) is 0 Å². The largest absolute Gasteiger partial charge is 0.493 e. The third kappa shape index (κ3) is 3.16. The summed E-state index contributed by atoms with van der Waals surface area (Å²) in [6.45, 7) is 5.92. The van der Waals surface area contributed by atoms with Crippen LogP contribution in [0.1, 0.15) is 31.2 Å². The maximum atomic E-state index is 6.28. The molecular weight excluding hydrogens is 236 g/mol. The van der Waals surface area contributed by atoms with Gasteiger partial charge in [0, 0.05) is 11.1 Å². The minimum Gasteiger partial charge on any atom is -0.493 e. The molecule has 0 N–H and O–H groups in total. The molecular formula is C14H19ClO2. The van der Waals surface area contributed by atoms with Crippen LogP contribution >= 0.6 is 11.6 Å². The third-order valence-corrected chi connectivity index (χ3v) is 3.21. The summed E-state index contributed by atoms with van der Waals surface area (Å²) in [5, 5.41) is 0.719. The van der Waals surface area contributed by atoms with E-state index in [1.807, 2.05) is 18.2 Å². The van der Waals surface area contributed by atoms with Gasteiger partial charge in [-0.1, -0.05) is 24.6 Å². The van der Waals surface area contributed by atoms with E-state index in [9.17, 15) is 0 Å². The van der Waals surface area contributed by atoms with Crippen LogP contribution < -0.4 is 9.47 Å². The molecule has 17 heavy (non-hydrogen) atoms. The van der Waals surface area contributed by atoms with E-state index in [-0.39, 0.29) is 0 Å². The van der Waals surface area contributed by atoms with Gasteiger partial charge < -0.3 is 9.47 Å². The number of benzene rings is 1. The van der Waals surface area contributed by atoms with Gasteiger partial charge in [0.2, 0.25) is 0 Å². The lowest BCUT2D eigenvalue weighted by Gasteiger charge is -2.17. The summed E-state index contributed by atoms with van der Waals surface area (Å²) in [5.74, 6) is 1.75. The lowest BCUT2D eigenvalue weighted by Crippen LogP contribution is -1.99. The fraction of sp³-hybridized carbons (Fsp3) is 0.429. The quantitative estimate of drug-likeness (QED) is 0.700. The highest BCUT2D eigenvalue weighted by molar-refractivity contribution is 6.31. The standard InChI is InChI=1S/C14H19ClO2/c1-5-7-10(6-2)11-8-13(16-3)14(17-4)9-12(11)15/h5,8-10H,1,6-7H2,2-4H3. The third-order valence-electron chi connectivity index (χ3n) is 2.89. The highest BCUT2D eigenvalue weighted by Gasteiger charge is 2.16. The van der Waals surface area contributed by atoms with E-state index < -0.39 is 0 Å². The van der Waals surface area contributed by atoms with Crippen molar-refractivity contribution in [1.29, 1.82) is 0 Å². The Morgan fingerprint density at radius 3 is 2.35 bits per heavy atom. The Bertz CT molecular complexity index is 388. The van der Waals surface area contributed by atoms with Crippen molar-refractivity contribution in [1.82, 2.24) is 0 Å². The molecule has 0 bridgehead atoms. The topological polar surface area (TPSA) is 18.5 Å². The summed E-state index contributed by atoms with van der Waals surface area (Å²) in [6.07, 6.45) is 3.84. The number of allylic oxidation sites excluding steroid dienone is 1. The Labute approximate surface area is 108 Å². The SMILES string of the molecule is C=CCC(CC)c1cc(OC)c(OC)cc1Cl. The van der Waals surface area contributed by atoms with Gasteiger partial charge in [0.05, 0.1) is 14.2 Å². The highest BCUT2D eigenvalue weighted by atomic mass is 35.5. The van der Waals surface area contributed by atoms with Gasteiger partial charge in [-0.15, -0.1) is 6.58 Å². The Kier molecular flexibility index (Phi) is 5.36. The van der Waals surface area contributed by atoms with Gasteiger partial charge in [-0.25, -0.2) is 0 Å². The molecule has 1 unspecified atom stereocenters. The number of hydrogen-bond acceptors (Lipinski definition) is 2. The molecule has 0 aliphatic carbocycles. The predicted octanol–water partition coefficient (Wildman–Crippen LogP) is 4.43. The van der Waals surface area contributed by atoms with Crippen molar-refractivity contribution in [3.63, 3.8) is 0 Å². The molecule has 2 nitrogen and oxygen atoms in total. The van der Waals surface area contributed by atoms with E-state index in [0.717, 1.165) is 29.2 Å². The van der Waals surface area contributed by atoms with E-state index in [4.69, 9.17) is 21.1 Å². The van der Waals surface area contributed by atoms with Crippen LogP contribution in [0.4, 0.5) is 0 Å². The molecule has 0 spiro atoms. The van der Waals surface area contributed by atoms with Crippen LogP contribution in [0.3, 0.4) is 0 Å². The highest BCUT2D eigenvalue weighted by Crippen LogP contribution is 2.38. The fourth-order valence-corrected chi connectivity index (χ4v) is 2.21. The van der Waals surface area contributed by atoms with E-state index in [2.05, 4.69) is 13.5 Å². The van der Waals surface area contributed by atoms with E-state index >= 15 is 0 Å². The van der Waals surface area contributed by atoms with E-state index in [1.165, 1.54) is 0 Å². The zero-order valence-electron chi connectivity index (χ0n) is 10.6. The van der Waals surface area contributed by atoms with Crippen LogP contribution in [0.25, 0.3) is 0 Å². The lowest BCUT2D eigenvalue weighted by atomic mass is 9.93. The molecule has 3 heteroatoms. The van der Waals surface area contributed by atoms with Crippen LogP contribution in [-0.2, 0) is 0 Å². The van der Waals surface area contributed by atoms with Crippen LogP contribution in [0.15, 0.2) is 24.8 Å². The maximum absolute atomic E-state index is 6.28. The van der Waals surface area contributed by atoms with Crippen LogP contribution in [0, 0.1) is 0 Å². The zero-order valence-corrected chi connectivity index (χ0v) is 11.4. The van der Waals surface area contributed by atoms with Crippen molar-refractivity contribution in [2.45, 2.75) is 25.7 Å². The molecule has 0 saturated carbocycles. The second kappa shape index (κ2) is 6.55. The summed E-state index contributed by atoms with van der Waals surface area (Å²) in [7, 11) is 3.24. The van der Waals surface area contributed by atoms with Crippen molar-refractivity contribution in [3.8, 4) is 11.5 Å². The Balaban J connectivity index is 3.18. The number of halogens is 1. The monoisotopic (exact) mass is 254 g/mol. The first kappa shape index (κ1) is 13.9. The summed E-state index contributed by atoms with van der Waals surface area (Å²) in [6, 6.07) is 3.76. The second-order valence-corrected chi connectivity index (χ2v) is 4.27. The molecule has 1 aromatic rings. The van der Waals surface area contributed by atoms with Gasteiger partial charge in [0.1, 0.15) is 0 Å². The molecule has 0 heterocycles. The number of ether oxygens (including phenoxy) is 2. The van der Waals surface area contributed by atoms with Gasteiger partial charge in [0.25, 0.3) is 0 Å². The van der Waals surface area contributed by atoms with Crippen LogP contribution in [0.5, 0.6) is 11.5 Å². The first-order valence-corrected chi connectivity index (χ1v) is 6.08. The first-order chi connectivity index (χ1) is 8.17. The molecule has 0 aliphatic rings. The molecule has 0 radical (unpaired) electrons. The number of rotatable bonds is 6. The number of hydrogen-bond donors (Lipinski definition) is 0. The summed E-state index contributed by atoms with van der Waals surface area (Å²) >= 11 is 6.28. The molecule has 1 aromatic carbocycles. The predicted molar refractivity (Wildman–Crippen MR) is 72.4 cm³/mol. The number of methoxy groups -OCH3 is 2. The molecule has 0 fully saturated rings. The first-order valence-electron chi connectivity index (χ1n) is 5.70. The Morgan fingerprint density at radius 1 is 1.29 bits per heavy atom. The molecule has 94 valence electrons. The smallest absolute Gasteiger partial charge is 0.162 e. The Morgan fingerprint density at radius 2 is 1.88 bits per heavy atom. The van der Waals surface area contributed by atoms with Gasteiger partial charge in [-0.3, -0.25) is 0 Å². The minimum atomic E-state index is 0.375. The van der Waals surface area contributed by atoms with Gasteiger partial charge >= 0.3 is 0 Å². The minimum absolute atomic E-state index is 0.375. The van der Waals surface area contributed by atoms with Gasteiger partial charge in [-0.05, 0) is 30.4 Å². The summed E-state index contributed by atoms with van der Waals surface area (Å²) < 4.78 is 10.5. The fourth-order valence-electron chi connectivity index (χ4n) is 1.90. The molecule has 0 amide bonds. The van der Waals surface area contributed by atoms with E-state index in [0.29, 0.717) is 11.7 Å². The molecule has 0 saturated heterocycles. The molecule has 1 atom stereocenters. The second-order valence-electron chi connectivity index (χ2n) is 3.86. The molecule has 1 rings (SSSR count). The molecule has 0 aromatic heterocycles. The van der Waals surface area contributed by atoms with Crippen molar-refractivity contribution in [2.75, 3.05) is 14.2 Å². The molecule has 0 aliphatic heterocycles. The average Bonchev–Trinajstić information content (AvgIpc) is 2.36. The maximum Gasteiger partial charge on any atom is 0.162 e. The van der Waals surface area contributed by atoms with E-state index in [1.54, 1.807) is 14.2 Å². The zero-order chi connectivity index (χ0) is 12.8.